The van der Waals surface area contributed by atoms with Crippen molar-refractivity contribution in [1.29, 1.82) is 0 Å². The van der Waals surface area contributed by atoms with Crippen molar-refractivity contribution in [1.82, 2.24) is 0 Å². The van der Waals surface area contributed by atoms with Gasteiger partial charge in [0.15, 0.2) is 23.3 Å². The molecule has 0 radical (unpaired) electrons. The Balaban J connectivity index is 0.00000196. The first kappa shape index (κ1) is 15.6. The molecule has 1 atom stereocenters. The van der Waals surface area contributed by atoms with E-state index in [1.807, 2.05) is 0 Å². The first-order chi connectivity index (χ1) is 6.37. The van der Waals surface area contributed by atoms with Gasteiger partial charge in [0, 0.05) is 0 Å². The smallest absolute Gasteiger partial charge is 0.768 e. The maximum Gasteiger partial charge on any atom is 1.00 e. The SMILES string of the molecule is O=S([O-])c1c(F)c(F)c(F)c(F)c1F.[K+]. The molecule has 2 nitrogen and oxygen atoms in total. The van der Waals surface area contributed by atoms with Gasteiger partial charge in [0.25, 0.3) is 0 Å². The molecule has 0 aromatic heterocycles. The Hall–Kier alpha value is 0.616. The van der Waals surface area contributed by atoms with Crippen LogP contribution in [-0.4, -0.2) is 8.76 Å². The third-order valence-electron chi connectivity index (χ3n) is 1.34. The third kappa shape index (κ3) is 2.84. The van der Waals surface area contributed by atoms with Crippen LogP contribution in [0.15, 0.2) is 4.90 Å². The van der Waals surface area contributed by atoms with Gasteiger partial charge in [-0.15, -0.1) is 0 Å². The zero-order valence-corrected chi connectivity index (χ0v) is 11.1. The minimum Gasteiger partial charge on any atom is -0.768 e. The quantitative estimate of drug-likeness (QED) is 0.208. The molecule has 0 spiro atoms. The number of benzene rings is 1. The zero-order valence-electron chi connectivity index (χ0n) is 7.11. The molecule has 0 bridgehead atoms. The van der Waals surface area contributed by atoms with E-state index < -0.39 is 45.1 Å². The van der Waals surface area contributed by atoms with Crippen molar-refractivity contribution >= 4 is 11.1 Å². The monoisotopic (exact) mass is 270 g/mol. The summed E-state index contributed by atoms with van der Waals surface area (Å²) in [5.74, 6) is -11.7. The van der Waals surface area contributed by atoms with Gasteiger partial charge in [-0.05, 0) is 11.1 Å². The molecule has 1 unspecified atom stereocenters. The van der Waals surface area contributed by atoms with Gasteiger partial charge < -0.3 is 4.55 Å². The normalized spacial score (nSPS) is 12.1. The summed E-state index contributed by atoms with van der Waals surface area (Å²) in [7, 11) is 0. The molecule has 15 heavy (non-hydrogen) atoms. The Labute approximate surface area is 126 Å². The molecular formula is C6F5KO2S. The summed E-state index contributed by atoms with van der Waals surface area (Å²) in [4.78, 5) is -1.86. The van der Waals surface area contributed by atoms with Crippen LogP contribution in [0.3, 0.4) is 0 Å². The van der Waals surface area contributed by atoms with Gasteiger partial charge >= 0.3 is 51.4 Å². The summed E-state index contributed by atoms with van der Waals surface area (Å²) >= 11 is -3.53. The Morgan fingerprint density at radius 2 is 1.07 bits per heavy atom. The topological polar surface area (TPSA) is 40.1 Å². The molecule has 0 heterocycles. The van der Waals surface area contributed by atoms with Gasteiger partial charge in [-0.3, -0.25) is 4.21 Å². The summed E-state index contributed by atoms with van der Waals surface area (Å²) in [6, 6.07) is 0. The van der Waals surface area contributed by atoms with Crippen LogP contribution in [0.2, 0.25) is 0 Å². The van der Waals surface area contributed by atoms with Crippen molar-refractivity contribution in [2.24, 2.45) is 0 Å². The van der Waals surface area contributed by atoms with Crippen LogP contribution in [0, 0.1) is 29.1 Å². The van der Waals surface area contributed by atoms with Gasteiger partial charge in [0.1, 0.15) is 4.90 Å². The minimum absolute atomic E-state index is 0. The average molecular weight is 270 g/mol. The van der Waals surface area contributed by atoms with Crippen LogP contribution in [-0.2, 0) is 11.1 Å². The molecule has 0 aliphatic rings. The van der Waals surface area contributed by atoms with E-state index in [9.17, 15) is 30.7 Å². The van der Waals surface area contributed by atoms with E-state index in [0.29, 0.717) is 0 Å². The Bertz CT molecular complexity index is 395. The Kier molecular flexibility index (Phi) is 6.04. The first-order valence-electron chi connectivity index (χ1n) is 2.98. The summed E-state index contributed by atoms with van der Waals surface area (Å²) in [6.07, 6.45) is 0. The number of hydrogen-bond acceptors (Lipinski definition) is 2. The molecule has 78 valence electrons. The average Bonchev–Trinajstić information content (AvgIpc) is 2.11. The van der Waals surface area contributed by atoms with E-state index in [1.54, 1.807) is 0 Å². The van der Waals surface area contributed by atoms with Gasteiger partial charge in [-0.25, -0.2) is 22.0 Å². The molecule has 0 fully saturated rings. The van der Waals surface area contributed by atoms with Crippen LogP contribution < -0.4 is 51.4 Å². The predicted octanol–water partition coefficient (Wildman–Crippen LogP) is -1.38. The Morgan fingerprint density at radius 1 is 0.800 bits per heavy atom. The molecule has 0 aliphatic carbocycles. The summed E-state index contributed by atoms with van der Waals surface area (Å²) in [6.45, 7) is 0. The molecule has 0 saturated heterocycles. The second-order valence-corrected chi connectivity index (χ2v) is 3.01. The summed E-state index contributed by atoms with van der Waals surface area (Å²) in [5.41, 5.74) is 0. The van der Waals surface area contributed by atoms with Crippen molar-refractivity contribution in [3.63, 3.8) is 0 Å². The van der Waals surface area contributed by atoms with Crippen molar-refractivity contribution in [3.05, 3.63) is 29.1 Å². The Morgan fingerprint density at radius 3 is 1.33 bits per heavy atom. The van der Waals surface area contributed by atoms with Gasteiger partial charge in [-0.2, -0.15) is 0 Å². The molecule has 0 aliphatic heterocycles. The van der Waals surface area contributed by atoms with E-state index in [1.165, 1.54) is 0 Å². The summed E-state index contributed by atoms with van der Waals surface area (Å²) < 4.78 is 82.3. The maximum absolute atomic E-state index is 12.5. The molecule has 0 saturated carbocycles. The predicted molar refractivity (Wildman–Crippen MR) is 33.4 cm³/mol. The standard InChI is InChI=1S/C6HF5O2S.K/c7-1-2(8)4(10)6(14(12)13)5(11)3(1)9;/h(H,12,13);/q;+1/p-1. The van der Waals surface area contributed by atoms with Crippen molar-refractivity contribution in [2.75, 3.05) is 0 Å². The number of rotatable bonds is 1. The van der Waals surface area contributed by atoms with Crippen LogP contribution >= 0.6 is 0 Å². The van der Waals surface area contributed by atoms with Crippen molar-refractivity contribution < 1.29 is 82.1 Å². The number of hydrogen-bond donors (Lipinski definition) is 0. The van der Waals surface area contributed by atoms with E-state index in [2.05, 4.69) is 0 Å². The van der Waals surface area contributed by atoms with Crippen LogP contribution in [0.1, 0.15) is 0 Å². The second kappa shape index (κ2) is 5.80. The maximum atomic E-state index is 12.5. The molecule has 0 amide bonds. The minimum atomic E-state index is -3.53. The third-order valence-corrected chi connectivity index (χ3v) is 2.03. The fraction of sp³-hybridized carbons (Fsp3) is 0. The van der Waals surface area contributed by atoms with Crippen LogP contribution in [0.4, 0.5) is 22.0 Å². The molecule has 1 aromatic rings. The van der Waals surface area contributed by atoms with Crippen LogP contribution in [0.25, 0.3) is 0 Å². The van der Waals surface area contributed by atoms with Crippen molar-refractivity contribution in [2.45, 2.75) is 4.90 Å². The molecule has 9 heteroatoms. The zero-order chi connectivity index (χ0) is 11.0. The fourth-order valence-electron chi connectivity index (χ4n) is 0.731. The van der Waals surface area contributed by atoms with E-state index in [0.717, 1.165) is 0 Å². The number of halogens is 5. The van der Waals surface area contributed by atoms with Gasteiger partial charge in [0.05, 0.1) is 0 Å². The molecule has 1 rings (SSSR count). The van der Waals surface area contributed by atoms with E-state index in [-0.39, 0.29) is 51.4 Å². The molecular weight excluding hydrogens is 270 g/mol. The van der Waals surface area contributed by atoms with Gasteiger partial charge in [0.2, 0.25) is 5.82 Å². The van der Waals surface area contributed by atoms with E-state index in [4.69, 9.17) is 0 Å². The summed E-state index contributed by atoms with van der Waals surface area (Å²) in [5, 5.41) is 0. The fourth-order valence-corrected chi connectivity index (χ4v) is 1.20. The second-order valence-electron chi connectivity index (χ2n) is 2.13. The largest absolute Gasteiger partial charge is 1.00 e. The molecule has 1 aromatic carbocycles. The van der Waals surface area contributed by atoms with Crippen LogP contribution in [0.5, 0.6) is 0 Å². The molecule has 0 N–H and O–H groups in total. The first-order valence-corrected chi connectivity index (χ1v) is 4.06. The van der Waals surface area contributed by atoms with Crippen molar-refractivity contribution in [3.8, 4) is 0 Å². The van der Waals surface area contributed by atoms with Gasteiger partial charge in [-0.1, -0.05) is 0 Å². The van der Waals surface area contributed by atoms with E-state index >= 15 is 0 Å².